The summed E-state index contributed by atoms with van der Waals surface area (Å²) in [5, 5.41) is 4.09. The van der Waals surface area contributed by atoms with Crippen molar-refractivity contribution < 1.29 is 4.52 Å². The second kappa shape index (κ2) is 7.29. The maximum absolute atomic E-state index is 6.23. The smallest absolute Gasteiger partial charge is 0.231 e. The van der Waals surface area contributed by atoms with Crippen LogP contribution in [0.3, 0.4) is 0 Å². The van der Waals surface area contributed by atoms with Crippen LogP contribution in [0.25, 0.3) is 0 Å². The van der Waals surface area contributed by atoms with E-state index in [1.165, 1.54) is 19.3 Å². The zero-order valence-electron chi connectivity index (χ0n) is 12.0. The van der Waals surface area contributed by atoms with Gasteiger partial charge in [-0.3, -0.25) is 0 Å². The Labute approximate surface area is 119 Å². The van der Waals surface area contributed by atoms with Gasteiger partial charge in [0.25, 0.3) is 0 Å². The average Bonchev–Trinajstić information content (AvgIpc) is 2.71. The van der Waals surface area contributed by atoms with Crippen molar-refractivity contribution in [1.29, 1.82) is 0 Å². The molecule has 0 radical (unpaired) electrons. The van der Waals surface area contributed by atoms with Crippen molar-refractivity contribution in [2.45, 2.75) is 63.7 Å². The zero-order valence-corrected chi connectivity index (χ0v) is 12.8. The highest BCUT2D eigenvalue weighted by molar-refractivity contribution is 7.98. The Hall–Kier alpha value is -0.550. The number of aromatic nitrogens is 2. The molecule has 19 heavy (non-hydrogen) atoms. The largest absolute Gasteiger partial charge is 0.339 e. The van der Waals surface area contributed by atoms with Crippen LogP contribution >= 0.6 is 11.8 Å². The van der Waals surface area contributed by atoms with E-state index in [0.717, 1.165) is 36.1 Å². The molecule has 4 nitrogen and oxygen atoms in total. The van der Waals surface area contributed by atoms with Crippen molar-refractivity contribution in [1.82, 2.24) is 10.1 Å². The molecule has 5 heteroatoms. The third-order valence-electron chi connectivity index (χ3n) is 3.55. The second-order valence-corrected chi connectivity index (χ2v) is 6.90. The molecule has 0 aromatic carbocycles. The first-order chi connectivity index (χ1) is 9.16. The Morgan fingerprint density at radius 1 is 1.32 bits per heavy atom. The molecule has 2 N–H and O–H groups in total. The summed E-state index contributed by atoms with van der Waals surface area (Å²) in [7, 11) is 0. The summed E-state index contributed by atoms with van der Waals surface area (Å²) in [5.41, 5.74) is 6.23. The molecular formula is C14H25N3OS. The molecule has 0 saturated heterocycles. The summed E-state index contributed by atoms with van der Waals surface area (Å²) in [4.78, 5) is 4.54. The van der Waals surface area contributed by atoms with Crippen LogP contribution in [0.4, 0.5) is 0 Å². The van der Waals surface area contributed by atoms with Crippen molar-refractivity contribution in [3.8, 4) is 0 Å². The van der Waals surface area contributed by atoms with E-state index in [1.54, 1.807) is 0 Å². The van der Waals surface area contributed by atoms with E-state index in [1.807, 2.05) is 11.8 Å². The van der Waals surface area contributed by atoms with Gasteiger partial charge in [0.15, 0.2) is 5.82 Å². The van der Waals surface area contributed by atoms with Gasteiger partial charge < -0.3 is 10.3 Å². The predicted molar refractivity (Wildman–Crippen MR) is 79.1 cm³/mol. The van der Waals surface area contributed by atoms with Crippen LogP contribution in [0, 0.1) is 5.92 Å². The highest BCUT2D eigenvalue weighted by atomic mass is 32.2. The van der Waals surface area contributed by atoms with E-state index in [9.17, 15) is 0 Å². The number of hydrogen-bond donors (Lipinski definition) is 1. The summed E-state index contributed by atoms with van der Waals surface area (Å²) in [6.45, 7) is 4.44. The molecule has 1 aromatic rings. The third kappa shape index (κ3) is 4.49. The number of nitrogens with zero attached hydrogens (tertiary/aromatic N) is 2. The van der Waals surface area contributed by atoms with Crippen LogP contribution in [0.2, 0.25) is 0 Å². The van der Waals surface area contributed by atoms with Gasteiger partial charge in [0, 0.05) is 6.04 Å². The highest BCUT2D eigenvalue weighted by Gasteiger charge is 2.27. The van der Waals surface area contributed by atoms with Gasteiger partial charge in [0.1, 0.15) is 0 Å². The maximum atomic E-state index is 6.23. The first-order valence-electron chi connectivity index (χ1n) is 7.32. The summed E-state index contributed by atoms with van der Waals surface area (Å²) < 4.78 is 5.43. The van der Waals surface area contributed by atoms with Gasteiger partial charge in [-0.05, 0) is 24.5 Å². The standard InChI is InChI=1S/C14H25N3OS/c1-10(2)8-19-9-13-16-14(18-17-13)11-6-4-3-5-7-12(11)15/h10-12H,3-9,15H2,1-2H3. The predicted octanol–water partition coefficient (Wildman–Crippen LogP) is 3.33. The second-order valence-electron chi connectivity index (χ2n) is 5.87. The normalized spacial score (nSPS) is 24.6. The van der Waals surface area contributed by atoms with Crippen molar-refractivity contribution in [3.63, 3.8) is 0 Å². The van der Waals surface area contributed by atoms with E-state index in [0.29, 0.717) is 5.92 Å². The van der Waals surface area contributed by atoms with Gasteiger partial charge in [-0.15, -0.1) is 0 Å². The lowest BCUT2D eigenvalue weighted by molar-refractivity contribution is 0.324. The molecule has 0 spiro atoms. The number of nitrogens with two attached hydrogens (primary N) is 1. The molecule has 0 bridgehead atoms. The Balaban J connectivity index is 1.91. The molecule has 2 rings (SSSR count). The first kappa shape index (κ1) is 14.9. The minimum absolute atomic E-state index is 0.180. The molecule has 0 aliphatic heterocycles. The summed E-state index contributed by atoms with van der Waals surface area (Å²) >= 11 is 1.86. The number of rotatable bonds is 5. The van der Waals surface area contributed by atoms with Crippen LogP contribution in [0.15, 0.2) is 4.52 Å². The Kier molecular flexibility index (Phi) is 5.70. The Morgan fingerprint density at radius 3 is 2.89 bits per heavy atom. The lowest BCUT2D eigenvalue weighted by Gasteiger charge is -2.16. The minimum atomic E-state index is 0.180. The van der Waals surface area contributed by atoms with Crippen LogP contribution in [-0.2, 0) is 5.75 Å². The topological polar surface area (TPSA) is 64.9 Å². The Bertz CT molecular complexity index is 381. The fourth-order valence-corrected chi connectivity index (χ4v) is 3.39. The van der Waals surface area contributed by atoms with Crippen LogP contribution in [0.5, 0.6) is 0 Å². The van der Waals surface area contributed by atoms with E-state index < -0.39 is 0 Å². The molecule has 1 aliphatic carbocycles. The zero-order chi connectivity index (χ0) is 13.7. The van der Waals surface area contributed by atoms with Gasteiger partial charge in [-0.2, -0.15) is 16.7 Å². The third-order valence-corrected chi connectivity index (χ3v) is 4.92. The molecule has 2 atom stereocenters. The summed E-state index contributed by atoms with van der Waals surface area (Å²) in [5.74, 6) is 4.51. The molecule has 1 fully saturated rings. The summed E-state index contributed by atoms with van der Waals surface area (Å²) in [6.07, 6.45) is 5.88. The van der Waals surface area contributed by atoms with Gasteiger partial charge >= 0.3 is 0 Å². The monoisotopic (exact) mass is 283 g/mol. The fraction of sp³-hybridized carbons (Fsp3) is 0.857. The van der Waals surface area contributed by atoms with Crippen molar-refractivity contribution >= 4 is 11.8 Å². The average molecular weight is 283 g/mol. The molecule has 108 valence electrons. The summed E-state index contributed by atoms with van der Waals surface area (Å²) in [6, 6.07) is 0.180. The number of hydrogen-bond acceptors (Lipinski definition) is 5. The van der Waals surface area contributed by atoms with Gasteiger partial charge in [-0.25, -0.2) is 0 Å². The molecule has 0 amide bonds. The minimum Gasteiger partial charge on any atom is -0.339 e. The van der Waals surface area contributed by atoms with Gasteiger partial charge in [0.05, 0.1) is 11.7 Å². The van der Waals surface area contributed by atoms with Crippen molar-refractivity contribution in [2.75, 3.05) is 5.75 Å². The quantitative estimate of drug-likeness (QED) is 0.840. The molecular weight excluding hydrogens is 258 g/mol. The lowest BCUT2D eigenvalue weighted by atomic mass is 9.95. The van der Waals surface area contributed by atoms with Crippen LogP contribution in [-0.4, -0.2) is 21.9 Å². The van der Waals surface area contributed by atoms with Gasteiger partial charge in [0.2, 0.25) is 5.89 Å². The van der Waals surface area contributed by atoms with Crippen molar-refractivity contribution in [3.05, 3.63) is 11.7 Å². The lowest BCUT2D eigenvalue weighted by Crippen LogP contribution is -2.27. The molecule has 1 heterocycles. The van der Waals surface area contributed by atoms with Crippen molar-refractivity contribution in [2.24, 2.45) is 11.7 Å². The molecule has 1 aliphatic rings. The number of thioether (sulfide) groups is 1. The Morgan fingerprint density at radius 2 is 2.11 bits per heavy atom. The first-order valence-corrected chi connectivity index (χ1v) is 8.48. The van der Waals surface area contributed by atoms with E-state index in [-0.39, 0.29) is 12.0 Å². The SMILES string of the molecule is CC(C)CSCc1noc(C2CCCCCC2N)n1. The maximum Gasteiger partial charge on any atom is 0.231 e. The van der Waals surface area contributed by atoms with E-state index in [2.05, 4.69) is 24.0 Å². The molecule has 1 saturated carbocycles. The highest BCUT2D eigenvalue weighted by Crippen LogP contribution is 2.30. The van der Waals surface area contributed by atoms with Crippen LogP contribution < -0.4 is 5.73 Å². The fourth-order valence-electron chi connectivity index (χ4n) is 2.51. The molecule has 1 aromatic heterocycles. The molecule has 2 unspecified atom stereocenters. The van der Waals surface area contributed by atoms with Crippen LogP contribution in [0.1, 0.15) is 63.6 Å². The van der Waals surface area contributed by atoms with Gasteiger partial charge in [-0.1, -0.05) is 38.3 Å². The van der Waals surface area contributed by atoms with E-state index in [4.69, 9.17) is 10.3 Å². The van der Waals surface area contributed by atoms with E-state index >= 15 is 0 Å².